The van der Waals surface area contributed by atoms with Gasteiger partial charge in [0.15, 0.2) is 0 Å². The van der Waals surface area contributed by atoms with Crippen LogP contribution in [0.15, 0.2) is 30.3 Å². The maximum atomic E-state index is 14.0. The summed E-state index contributed by atoms with van der Waals surface area (Å²) < 4.78 is 15.9. The van der Waals surface area contributed by atoms with Crippen LogP contribution in [0.2, 0.25) is 0 Å². The first kappa shape index (κ1) is 12.2. The van der Waals surface area contributed by atoms with Crippen molar-refractivity contribution in [2.24, 2.45) is 0 Å². The predicted molar refractivity (Wildman–Crippen MR) is 73.9 cm³/mol. The summed E-state index contributed by atoms with van der Waals surface area (Å²) in [5.41, 5.74) is 1.81. The summed E-state index contributed by atoms with van der Waals surface area (Å²) in [5, 5.41) is 7.97. The van der Waals surface area contributed by atoms with Gasteiger partial charge in [0.25, 0.3) is 0 Å². The van der Waals surface area contributed by atoms with Gasteiger partial charge in [0.2, 0.25) is 0 Å². The molecule has 0 radical (unpaired) electrons. The number of aromatic nitrogens is 2. The lowest BCUT2D eigenvalue weighted by Gasteiger charge is -2.26. The molecule has 0 spiro atoms. The fraction of sp³-hybridized carbons (Fsp3) is 0.400. The van der Waals surface area contributed by atoms with Crippen molar-refractivity contribution in [3.05, 3.63) is 47.4 Å². The molecule has 1 aliphatic rings. The quantitative estimate of drug-likeness (QED) is 0.915. The molecule has 3 nitrogen and oxygen atoms in total. The standard InChI is InChI=1S/C15H18FN3/c1-2-5-11-10-15-17-9-8-14(19(15)18-11)12-6-3-4-7-13(12)16/h3-4,6-7,10,14,17H,2,5,8-9H2,1H3. The van der Waals surface area contributed by atoms with Crippen LogP contribution in [-0.2, 0) is 6.42 Å². The van der Waals surface area contributed by atoms with Crippen LogP contribution in [0.3, 0.4) is 0 Å². The van der Waals surface area contributed by atoms with Crippen molar-refractivity contribution in [2.45, 2.75) is 32.2 Å². The monoisotopic (exact) mass is 259 g/mol. The van der Waals surface area contributed by atoms with Gasteiger partial charge in [-0.15, -0.1) is 0 Å². The third-order valence-corrected chi connectivity index (χ3v) is 3.58. The molecule has 3 rings (SSSR count). The summed E-state index contributed by atoms with van der Waals surface area (Å²) in [6.45, 7) is 3.00. The number of hydrogen-bond donors (Lipinski definition) is 1. The van der Waals surface area contributed by atoms with Crippen LogP contribution in [-0.4, -0.2) is 16.3 Å². The molecule has 0 amide bonds. The number of halogens is 1. The van der Waals surface area contributed by atoms with Gasteiger partial charge in [-0.2, -0.15) is 5.10 Å². The van der Waals surface area contributed by atoms with Gasteiger partial charge >= 0.3 is 0 Å². The summed E-state index contributed by atoms with van der Waals surface area (Å²) in [5.74, 6) is 0.857. The number of fused-ring (bicyclic) bond motifs is 1. The molecule has 0 saturated carbocycles. The molecule has 2 aromatic rings. The first-order chi connectivity index (χ1) is 9.29. The molecule has 0 fully saturated rings. The maximum absolute atomic E-state index is 14.0. The molecule has 0 aliphatic carbocycles. The van der Waals surface area contributed by atoms with Crippen LogP contribution in [0.5, 0.6) is 0 Å². The number of aryl methyl sites for hydroxylation is 1. The lowest BCUT2D eigenvalue weighted by Crippen LogP contribution is -2.25. The minimum absolute atomic E-state index is 0.00283. The maximum Gasteiger partial charge on any atom is 0.128 e. The van der Waals surface area contributed by atoms with Crippen LogP contribution in [0.4, 0.5) is 10.2 Å². The van der Waals surface area contributed by atoms with Crippen LogP contribution in [0.25, 0.3) is 0 Å². The Labute approximate surface area is 112 Å². The second-order valence-corrected chi connectivity index (χ2v) is 4.97. The summed E-state index contributed by atoms with van der Waals surface area (Å²) in [6, 6.07) is 9.08. The Morgan fingerprint density at radius 2 is 2.26 bits per heavy atom. The Balaban J connectivity index is 2.00. The summed E-state index contributed by atoms with van der Waals surface area (Å²) in [4.78, 5) is 0. The minimum Gasteiger partial charge on any atom is -0.370 e. The third kappa shape index (κ3) is 2.23. The Kier molecular flexibility index (Phi) is 3.23. The van der Waals surface area contributed by atoms with Crippen molar-refractivity contribution in [1.82, 2.24) is 9.78 Å². The van der Waals surface area contributed by atoms with E-state index in [0.29, 0.717) is 0 Å². The van der Waals surface area contributed by atoms with Gasteiger partial charge in [0, 0.05) is 18.2 Å². The van der Waals surface area contributed by atoms with Crippen LogP contribution in [0.1, 0.15) is 37.1 Å². The van der Waals surface area contributed by atoms with E-state index < -0.39 is 0 Å². The summed E-state index contributed by atoms with van der Waals surface area (Å²) in [7, 11) is 0. The molecule has 1 N–H and O–H groups in total. The highest BCUT2D eigenvalue weighted by molar-refractivity contribution is 5.41. The second-order valence-electron chi connectivity index (χ2n) is 4.97. The number of anilines is 1. The minimum atomic E-state index is -0.145. The predicted octanol–water partition coefficient (Wildman–Crippen LogP) is 3.38. The lowest BCUT2D eigenvalue weighted by atomic mass is 10.0. The molecule has 1 aromatic heterocycles. The largest absolute Gasteiger partial charge is 0.370 e. The zero-order valence-corrected chi connectivity index (χ0v) is 11.1. The Morgan fingerprint density at radius 1 is 1.42 bits per heavy atom. The molecular weight excluding hydrogens is 241 g/mol. The summed E-state index contributed by atoms with van der Waals surface area (Å²) >= 11 is 0. The third-order valence-electron chi connectivity index (χ3n) is 3.58. The molecular formula is C15H18FN3. The topological polar surface area (TPSA) is 29.9 Å². The molecule has 0 saturated heterocycles. The number of benzene rings is 1. The summed E-state index contributed by atoms with van der Waals surface area (Å²) in [6.07, 6.45) is 2.90. The van der Waals surface area contributed by atoms with Gasteiger partial charge in [-0.1, -0.05) is 31.5 Å². The first-order valence-electron chi connectivity index (χ1n) is 6.86. The molecule has 4 heteroatoms. The second kappa shape index (κ2) is 5.03. The van der Waals surface area contributed by atoms with E-state index in [1.807, 2.05) is 16.8 Å². The van der Waals surface area contributed by atoms with Crippen molar-refractivity contribution in [1.29, 1.82) is 0 Å². The first-order valence-corrected chi connectivity index (χ1v) is 6.86. The van der Waals surface area contributed by atoms with E-state index in [2.05, 4.69) is 23.4 Å². The van der Waals surface area contributed by atoms with Gasteiger partial charge in [0.1, 0.15) is 11.6 Å². The van der Waals surface area contributed by atoms with Crippen molar-refractivity contribution < 1.29 is 4.39 Å². The molecule has 1 atom stereocenters. The molecule has 2 heterocycles. The van der Waals surface area contributed by atoms with Gasteiger partial charge < -0.3 is 5.32 Å². The zero-order chi connectivity index (χ0) is 13.2. The van der Waals surface area contributed by atoms with Gasteiger partial charge in [-0.25, -0.2) is 9.07 Å². The molecule has 100 valence electrons. The number of rotatable bonds is 3. The highest BCUT2D eigenvalue weighted by atomic mass is 19.1. The lowest BCUT2D eigenvalue weighted by molar-refractivity contribution is 0.455. The van der Waals surface area contributed by atoms with Gasteiger partial charge in [0.05, 0.1) is 11.7 Å². The normalized spacial score (nSPS) is 17.9. The number of nitrogens with one attached hydrogen (secondary N) is 1. The van der Waals surface area contributed by atoms with E-state index in [9.17, 15) is 4.39 Å². The van der Waals surface area contributed by atoms with Crippen LogP contribution >= 0.6 is 0 Å². The average Bonchev–Trinajstić information content (AvgIpc) is 2.82. The number of nitrogens with zero attached hydrogens (tertiary/aromatic N) is 2. The molecule has 1 aliphatic heterocycles. The molecule has 1 unspecified atom stereocenters. The fourth-order valence-electron chi connectivity index (χ4n) is 2.68. The highest BCUT2D eigenvalue weighted by Gasteiger charge is 2.24. The Hall–Kier alpha value is -1.84. The van der Waals surface area contributed by atoms with Gasteiger partial charge in [-0.05, 0) is 18.9 Å². The molecule has 0 bridgehead atoms. The van der Waals surface area contributed by atoms with Crippen molar-refractivity contribution in [3.63, 3.8) is 0 Å². The van der Waals surface area contributed by atoms with E-state index in [0.717, 1.165) is 42.9 Å². The van der Waals surface area contributed by atoms with E-state index >= 15 is 0 Å². The molecule has 19 heavy (non-hydrogen) atoms. The van der Waals surface area contributed by atoms with E-state index in [1.54, 1.807) is 6.07 Å². The van der Waals surface area contributed by atoms with E-state index in [1.165, 1.54) is 6.07 Å². The van der Waals surface area contributed by atoms with Crippen molar-refractivity contribution in [2.75, 3.05) is 11.9 Å². The Bertz CT molecular complexity index is 577. The Morgan fingerprint density at radius 3 is 3.05 bits per heavy atom. The van der Waals surface area contributed by atoms with Crippen LogP contribution < -0.4 is 5.32 Å². The van der Waals surface area contributed by atoms with E-state index in [-0.39, 0.29) is 11.9 Å². The zero-order valence-electron chi connectivity index (χ0n) is 11.1. The van der Waals surface area contributed by atoms with Crippen LogP contribution in [0, 0.1) is 5.82 Å². The average molecular weight is 259 g/mol. The fourth-order valence-corrected chi connectivity index (χ4v) is 2.68. The van der Waals surface area contributed by atoms with E-state index in [4.69, 9.17) is 0 Å². The highest BCUT2D eigenvalue weighted by Crippen LogP contribution is 2.31. The van der Waals surface area contributed by atoms with Crippen molar-refractivity contribution >= 4 is 5.82 Å². The SMILES string of the molecule is CCCc1cc2n(n1)C(c1ccccc1F)CCN2. The van der Waals surface area contributed by atoms with Crippen molar-refractivity contribution in [3.8, 4) is 0 Å². The number of hydrogen-bond acceptors (Lipinski definition) is 2. The smallest absolute Gasteiger partial charge is 0.128 e. The molecule has 1 aromatic carbocycles. The van der Waals surface area contributed by atoms with Gasteiger partial charge in [-0.3, -0.25) is 0 Å².